The molecule has 4 aromatic rings. The lowest BCUT2D eigenvalue weighted by Gasteiger charge is -2.23. The van der Waals surface area contributed by atoms with Gasteiger partial charge >= 0.3 is 11.9 Å². The van der Waals surface area contributed by atoms with E-state index in [0.717, 1.165) is 16.7 Å². The normalized spacial score (nSPS) is 16.6. The molecular formula is C31H30ClN7O5. The number of esters is 1. The molecule has 0 unspecified atom stereocenters. The molecule has 3 N–H and O–H groups in total. The van der Waals surface area contributed by atoms with Crippen LogP contribution in [0.2, 0.25) is 5.02 Å². The number of hydrogen-bond donors (Lipinski definition) is 3. The van der Waals surface area contributed by atoms with Crippen LogP contribution in [0.1, 0.15) is 48.4 Å². The number of carbonyl (C=O) groups excluding carboxylic acids is 2. The molecule has 44 heavy (non-hydrogen) atoms. The van der Waals surface area contributed by atoms with Gasteiger partial charge in [-0.2, -0.15) is 4.68 Å². The molecule has 0 saturated heterocycles. The summed E-state index contributed by atoms with van der Waals surface area (Å²) >= 11 is 6.21. The highest BCUT2D eigenvalue weighted by molar-refractivity contribution is 6.30. The standard InChI is InChI=1S/C31H30ClN7O5/c1-44-30(41)13-19-6-9-24-21-14-22(17-33-16-21)25(4-2-3-5-26(31(42)43)35-27(24)12-19)36-29(40)11-7-20-15-23(32)8-10-28(20)39-18-34-37-38-39/h6-12,14-18,25-26,35H,2-5,13H2,1H3,(H,36,40)(H,42,43)/b11-7+/t25-,26+/m0/s1. The van der Waals surface area contributed by atoms with E-state index in [9.17, 15) is 19.5 Å². The Morgan fingerprint density at radius 3 is 2.75 bits per heavy atom. The minimum atomic E-state index is -0.977. The Kier molecular flexibility index (Phi) is 9.60. The maximum Gasteiger partial charge on any atom is 0.326 e. The number of methoxy groups -OCH3 is 1. The topological polar surface area (TPSA) is 161 Å². The summed E-state index contributed by atoms with van der Waals surface area (Å²) in [5, 5.41) is 28.0. The van der Waals surface area contributed by atoms with E-state index in [-0.39, 0.29) is 18.4 Å². The highest BCUT2D eigenvalue weighted by Gasteiger charge is 2.22. The zero-order chi connectivity index (χ0) is 31.1. The summed E-state index contributed by atoms with van der Waals surface area (Å²) in [6, 6.07) is 11.3. The van der Waals surface area contributed by atoms with Gasteiger partial charge in [0.2, 0.25) is 5.91 Å². The number of carboxylic acid groups (broad SMARTS) is 1. The van der Waals surface area contributed by atoms with Gasteiger partial charge in [0, 0.05) is 45.9 Å². The zero-order valence-electron chi connectivity index (χ0n) is 23.8. The van der Waals surface area contributed by atoms with Gasteiger partial charge in [-0.1, -0.05) is 36.6 Å². The first-order valence-electron chi connectivity index (χ1n) is 14.0. The van der Waals surface area contributed by atoms with Gasteiger partial charge in [-0.25, -0.2) is 4.79 Å². The van der Waals surface area contributed by atoms with Crippen LogP contribution < -0.4 is 10.6 Å². The number of halogens is 1. The van der Waals surface area contributed by atoms with Gasteiger partial charge in [-0.05, 0) is 70.8 Å². The lowest BCUT2D eigenvalue weighted by molar-refractivity contribution is -0.140. The van der Waals surface area contributed by atoms with Crippen molar-refractivity contribution >= 4 is 41.2 Å². The Bertz CT molecular complexity index is 1690. The van der Waals surface area contributed by atoms with E-state index in [1.165, 1.54) is 24.2 Å². The molecule has 1 amide bonds. The van der Waals surface area contributed by atoms with Gasteiger partial charge in [-0.3, -0.25) is 14.6 Å². The smallest absolute Gasteiger partial charge is 0.326 e. The first-order chi connectivity index (χ1) is 21.3. The van der Waals surface area contributed by atoms with Crippen LogP contribution in [0.15, 0.2) is 67.3 Å². The van der Waals surface area contributed by atoms with Crippen molar-refractivity contribution in [3.05, 3.63) is 89.0 Å². The number of amides is 1. The summed E-state index contributed by atoms with van der Waals surface area (Å²) in [5.41, 5.74) is 4.82. The van der Waals surface area contributed by atoms with Gasteiger partial charge in [0.25, 0.3) is 0 Å². The van der Waals surface area contributed by atoms with Crippen molar-refractivity contribution < 1.29 is 24.2 Å². The van der Waals surface area contributed by atoms with Crippen molar-refractivity contribution in [2.45, 2.75) is 44.2 Å². The van der Waals surface area contributed by atoms with Crippen LogP contribution in [-0.4, -0.2) is 61.3 Å². The summed E-state index contributed by atoms with van der Waals surface area (Å²) in [6.07, 6.45) is 10.2. The van der Waals surface area contributed by atoms with Crippen LogP contribution in [0.25, 0.3) is 22.9 Å². The predicted octanol–water partition coefficient (Wildman–Crippen LogP) is 4.40. The number of fused-ring (bicyclic) bond motifs is 4. The third kappa shape index (κ3) is 7.45. The zero-order valence-corrected chi connectivity index (χ0v) is 24.6. The fourth-order valence-electron chi connectivity index (χ4n) is 5.10. The van der Waals surface area contributed by atoms with Crippen LogP contribution in [0.5, 0.6) is 0 Å². The first-order valence-corrected chi connectivity index (χ1v) is 14.3. The van der Waals surface area contributed by atoms with Crippen molar-refractivity contribution in [1.29, 1.82) is 0 Å². The quantitative estimate of drug-likeness (QED) is 0.201. The fraction of sp³-hybridized carbons (Fsp3) is 0.258. The second-order valence-corrected chi connectivity index (χ2v) is 10.7. The summed E-state index contributed by atoms with van der Waals surface area (Å²) in [7, 11) is 1.32. The molecule has 2 aromatic heterocycles. The van der Waals surface area contributed by atoms with Gasteiger partial charge < -0.3 is 20.5 Å². The molecule has 0 fully saturated rings. The Balaban J connectivity index is 1.44. The third-order valence-corrected chi connectivity index (χ3v) is 7.55. The molecule has 226 valence electrons. The largest absolute Gasteiger partial charge is 0.480 e. The lowest BCUT2D eigenvalue weighted by Crippen LogP contribution is -2.30. The number of pyridine rings is 1. The molecule has 3 heterocycles. The summed E-state index contributed by atoms with van der Waals surface area (Å²) < 4.78 is 6.28. The van der Waals surface area contributed by atoms with Crippen LogP contribution in [0.3, 0.4) is 0 Å². The average Bonchev–Trinajstić information content (AvgIpc) is 3.55. The number of carboxylic acids is 1. The molecule has 12 nitrogen and oxygen atoms in total. The van der Waals surface area contributed by atoms with E-state index in [4.69, 9.17) is 16.3 Å². The summed E-state index contributed by atoms with van der Waals surface area (Å²) in [5.74, 6) is -1.70. The molecule has 2 aromatic carbocycles. The molecule has 0 aliphatic carbocycles. The summed E-state index contributed by atoms with van der Waals surface area (Å²) in [4.78, 5) is 41.7. The van der Waals surface area contributed by atoms with Gasteiger partial charge in [0.05, 0.1) is 25.3 Å². The molecular weight excluding hydrogens is 586 g/mol. The van der Waals surface area contributed by atoms with Gasteiger partial charge in [0.1, 0.15) is 12.4 Å². The first kappa shape index (κ1) is 30.4. The number of nitrogens with zero attached hydrogens (tertiary/aromatic N) is 5. The number of benzene rings is 2. The van der Waals surface area contributed by atoms with Crippen molar-refractivity contribution in [3.63, 3.8) is 0 Å². The van der Waals surface area contributed by atoms with E-state index in [1.807, 2.05) is 12.1 Å². The van der Waals surface area contributed by atoms with E-state index in [2.05, 4.69) is 31.1 Å². The number of carbonyl (C=O) groups is 3. The molecule has 0 spiro atoms. The van der Waals surface area contributed by atoms with E-state index < -0.39 is 18.0 Å². The van der Waals surface area contributed by atoms with Crippen LogP contribution in [0.4, 0.5) is 5.69 Å². The van der Waals surface area contributed by atoms with Gasteiger partial charge in [0.15, 0.2) is 0 Å². The van der Waals surface area contributed by atoms with Crippen molar-refractivity contribution in [2.24, 2.45) is 0 Å². The van der Waals surface area contributed by atoms with E-state index in [1.54, 1.807) is 48.8 Å². The Morgan fingerprint density at radius 1 is 1.14 bits per heavy atom. The third-order valence-electron chi connectivity index (χ3n) is 7.31. The molecule has 1 aliphatic heterocycles. The molecule has 0 radical (unpaired) electrons. The second-order valence-electron chi connectivity index (χ2n) is 10.3. The number of nitrogens with one attached hydrogen (secondary N) is 2. The van der Waals surface area contributed by atoms with Crippen molar-refractivity contribution in [1.82, 2.24) is 30.5 Å². The number of hydrogen-bond acceptors (Lipinski definition) is 9. The Morgan fingerprint density at radius 2 is 1.98 bits per heavy atom. The fourth-order valence-corrected chi connectivity index (χ4v) is 5.28. The highest BCUT2D eigenvalue weighted by atomic mass is 35.5. The second kappa shape index (κ2) is 13.9. The minimum absolute atomic E-state index is 0.0511. The Labute approximate surface area is 258 Å². The lowest BCUT2D eigenvalue weighted by atomic mass is 9.94. The maximum atomic E-state index is 13.2. The molecule has 2 bridgehead atoms. The predicted molar refractivity (Wildman–Crippen MR) is 163 cm³/mol. The molecule has 1 aliphatic rings. The van der Waals surface area contributed by atoms with E-state index >= 15 is 0 Å². The van der Waals surface area contributed by atoms with Crippen molar-refractivity contribution in [2.75, 3.05) is 12.4 Å². The Hall–Kier alpha value is -5.10. The SMILES string of the molecule is COC(=O)Cc1ccc2c(c1)N[C@@H](C(=O)O)CCCC[C@H](NC(=O)/C=C/c1cc(Cl)ccc1-n1cnnn1)c1cncc-2c1. The van der Waals surface area contributed by atoms with Crippen molar-refractivity contribution in [3.8, 4) is 16.8 Å². The average molecular weight is 616 g/mol. The minimum Gasteiger partial charge on any atom is -0.480 e. The van der Waals surface area contributed by atoms with Crippen LogP contribution in [-0.2, 0) is 25.5 Å². The van der Waals surface area contributed by atoms with E-state index in [0.29, 0.717) is 53.2 Å². The maximum absolute atomic E-state index is 13.2. The number of tetrazole rings is 1. The molecule has 0 saturated carbocycles. The molecule has 2 atom stereocenters. The number of aromatic nitrogens is 5. The highest BCUT2D eigenvalue weighted by Crippen LogP contribution is 2.33. The number of rotatable bonds is 7. The monoisotopic (exact) mass is 615 g/mol. The number of ether oxygens (including phenoxy) is 1. The number of anilines is 1. The molecule has 13 heteroatoms. The van der Waals surface area contributed by atoms with Gasteiger partial charge in [-0.15, -0.1) is 5.10 Å². The number of aliphatic carboxylic acids is 1. The summed E-state index contributed by atoms with van der Waals surface area (Å²) in [6.45, 7) is 0. The van der Waals surface area contributed by atoms with Crippen LogP contribution >= 0.6 is 11.6 Å². The van der Waals surface area contributed by atoms with Crippen LogP contribution in [0, 0.1) is 0 Å². The molecule has 5 rings (SSSR count).